The second-order valence-corrected chi connectivity index (χ2v) is 10.6. The van der Waals surface area contributed by atoms with Crippen molar-refractivity contribution < 1.29 is 23.9 Å². The topological polar surface area (TPSA) is 81.7 Å². The summed E-state index contributed by atoms with van der Waals surface area (Å²) in [5.74, 6) is 0.0206. The third kappa shape index (κ3) is 8.05. The molecule has 6 nitrogen and oxygen atoms in total. The highest BCUT2D eigenvalue weighted by molar-refractivity contribution is 6.30. The fraction of sp³-hybridized carbons (Fsp3) is 0.206. The number of halogens is 1. The van der Waals surface area contributed by atoms with Gasteiger partial charge in [0.2, 0.25) is 11.7 Å². The van der Waals surface area contributed by atoms with E-state index >= 15 is 0 Å². The Bertz CT molecular complexity index is 1480. The van der Waals surface area contributed by atoms with Gasteiger partial charge in [-0.1, -0.05) is 67.9 Å². The van der Waals surface area contributed by atoms with E-state index in [4.69, 9.17) is 21.1 Å². The van der Waals surface area contributed by atoms with Crippen LogP contribution >= 0.6 is 11.6 Å². The van der Waals surface area contributed by atoms with E-state index in [1.54, 1.807) is 48.5 Å². The number of rotatable bonds is 11. The minimum atomic E-state index is -0.967. The average Bonchev–Trinajstić information content (AvgIpc) is 2.98. The zero-order valence-corrected chi connectivity index (χ0v) is 24.0. The molecule has 4 aromatic carbocycles. The summed E-state index contributed by atoms with van der Waals surface area (Å²) in [7, 11) is 0. The number of carbonyl (C=O) groups excluding carboxylic acids is 3. The van der Waals surface area contributed by atoms with E-state index < -0.39 is 12.1 Å². The molecule has 1 N–H and O–H groups in total. The summed E-state index contributed by atoms with van der Waals surface area (Å²) >= 11 is 5.84. The molecule has 1 atom stereocenters. The summed E-state index contributed by atoms with van der Waals surface area (Å²) in [6, 6.07) is 31.7. The molecule has 0 fully saturated rings. The van der Waals surface area contributed by atoms with Gasteiger partial charge < -0.3 is 14.8 Å². The van der Waals surface area contributed by atoms with Gasteiger partial charge in [0, 0.05) is 28.1 Å². The van der Waals surface area contributed by atoms with Crippen LogP contribution in [0.2, 0.25) is 5.02 Å². The molecule has 4 rings (SSSR count). The van der Waals surface area contributed by atoms with Crippen molar-refractivity contribution in [2.45, 2.75) is 45.1 Å². The molecule has 0 heterocycles. The molecule has 0 radical (unpaired) electrons. The third-order valence-electron chi connectivity index (χ3n) is 6.81. The number of hydrogen-bond donors (Lipinski definition) is 1. The first-order valence-corrected chi connectivity index (χ1v) is 13.7. The molecule has 1 unspecified atom stereocenters. The van der Waals surface area contributed by atoms with Crippen molar-refractivity contribution in [2.24, 2.45) is 0 Å². The van der Waals surface area contributed by atoms with Gasteiger partial charge in [-0.2, -0.15) is 0 Å². The van der Waals surface area contributed by atoms with E-state index in [2.05, 4.69) is 43.4 Å². The lowest BCUT2D eigenvalue weighted by molar-refractivity contribution is -0.147. The number of carbonyl (C=O) groups is 3. The van der Waals surface area contributed by atoms with Gasteiger partial charge in [-0.05, 0) is 78.7 Å². The lowest BCUT2D eigenvalue weighted by atomic mass is 9.78. The number of Topliss-reactive ketones (excluding diaryl/α,β-unsaturated/α-hetero) is 1. The van der Waals surface area contributed by atoms with Crippen molar-refractivity contribution in [1.82, 2.24) is 0 Å². The Morgan fingerprint density at radius 1 is 0.756 bits per heavy atom. The van der Waals surface area contributed by atoms with Crippen molar-refractivity contribution in [1.29, 1.82) is 0 Å². The number of esters is 1. The van der Waals surface area contributed by atoms with Gasteiger partial charge in [-0.3, -0.25) is 14.4 Å². The lowest BCUT2D eigenvalue weighted by Gasteiger charge is -2.26. The van der Waals surface area contributed by atoms with E-state index in [-0.39, 0.29) is 29.9 Å². The normalized spacial score (nSPS) is 11.8. The first-order valence-electron chi connectivity index (χ1n) is 13.3. The number of anilines is 1. The van der Waals surface area contributed by atoms with Gasteiger partial charge in [0.05, 0.1) is 6.42 Å². The zero-order chi connectivity index (χ0) is 29.4. The van der Waals surface area contributed by atoms with Crippen molar-refractivity contribution in [2.75, 3.05) is 5.32 Å². The van der Waals surface area contributed by atoms with Gasteiger partial charge >= 0.3 is 5.97 Å². The molecule has 0 saturated heterocycles. The molecule has 1 amide bonds. The molecule has 41 heavy (non-hydrogen) atoms. The predicted molar refractivity (Wildman–Crippen MR) is 161 cm³/mol. The maximum atomic E-state index is 12.4. The summed E-state index contributed by atoms with van der Waals surface area (Å²) < 4.78 is 11.2. The van der Waals surface area contributed by atoms with E-state index in [1.807, 2.05) is 30.3 Å². The fourth-order valence-electron chi connectivity index (χ4n) is 4.30. The quantitative estimate of drug-likeness (QED) is 0.146. The molecule has 0 spiro atoms. The second-order valence-electron chi connectivity index (χ2n) is 10.2. The van der Waals surface area contributed by atoms with Gasteiger partial charge in [-0.15, -0.1) is 0 Å². The van der Waals surface area contributed by atoms with Crippen molar-refractivity contribution in [3.05, 3.63) is 125 Å². The van der Waals surface area contributed by atoms with Gasteiger partial charge in [-0.25, -0.2) is 0 Å². The smallest absolute Gasteiger partial charge is 0.307 e. The Balaban J connectivity index is 1.23. The van der Waals surface area contributed by atoms with Crippen LogP contribution in [0.3, 0.4) is 0 Å². The minimum absolute atomic E-state index is 0.0788. The number of benzene rings is 4. The Morgan fingerprint density at radius 3 is 1.93 bits per heavy atom. The number of ketones is 1. The van der Waals surface area contributed by atoms with Crippen LogP contribution < -0.4 is 10.1 Å². The number of hydrogen-bond acceptors (Lipinski definition) is 5. The zero-order valence-electron chi connectivity index (χ0n) is 23.2. The molecule has 0 aliphatic heterocycles. The highest BCUT2D eigenvalue weighted by Crippen LogP contribution is 2.33. The summed E-state index contributed by atoms with van der Waals surface area (Å²) in [6.45, 7) is 5.88. The van der Waals surface area contributed by atoms with Crippen LogP contribution in [-0.2, 0) is 19.7 Å². The molecule has 210 valence electrons. The highest BCUT2D eigenvalue weighted by atomic mass is 35.5. The fourth-order valence-corrected chi connectivity index (χ4v) is 4.43. The molecule has 0 aliphatic carbocycles. The van der Waals surface area contributed by atoms with E-state index in [9.17, 15) is 14.4 Å². The Morgan fingerprint density at radius 2 is 1.32 bits per heavy atom. The maximum Gasteiger partial charge on any atom is 0.307 e. The Labute approximate surface area is 245 Å². The summed E-state index contributed by atoms with van der Waals surface area (Å²) in [4.78, 5) is 36.9. The summed E-state index contributed by atoms with van der Waals surface area (Å²) in [6.07, 6.45) is -1.20. The largest absolute Gasteiger partial charge is 0.457 e. The summed E-state index contributed by atoms with van der Waals surface area (Å²) in [5, 5.41) is 3.26. The van der Waals surface area contributed by atoms with Gasteiger partial charge in [0.25, 0.3) is 0 Å². The Kier molecular flexibility index (Phi) is 9.58. The van der Waals surface area contributed by atoms with Crippen molar-refractivity contribution >= 4 is 34.9 Å². The minimum Gasteiger partial charge on any atom is -0.457 e. The number of amides is 1. The predicted octanol–water partition coefficient (Wildman–Crippen LogP) is 7.99. The van der Waals surface area contributed by atoms with Crippen LogP contribution in [0, 0.1) is 0 Å². The molecule has 0 saturated carbocycles. The highest BCUT2D eigenvalue weighted by Gasteiger charge is 2.23. The van der Waals surface area contributed by atoms with Crippen molar-refractivity contribution in [3.8, 4) is 11.5 Å². The monoisotopic (exact) mass is 569 g/mol. The SMILES string of the molecule is CC(OC(=O)CCC(=O)Nc1ccc(Oc2ccc(C(C)(C)c3ccccc3)cc2)cc1)C(=O)c1ccc(Cl)cc1. The van der Waals surface area contributed by atoms with Crippen molar-refractivity contribution in [3.63, 3.8) is 0 Å². The van der Waals surface area contributed by atoms with Crippen LogP contribution in [0.1, 0.15) is 55.1 Å². The van der Waals surface area contributed by atoms with Crippen LogP contribution in [0.4, 0.5) is 5.69 Å². The first-order chi connectivity index (χ1) is 19.6. The lowest BCUT2D eigenvalue weighted by Crippen LogP contribution is -2.25. The van der Waals surface area contributed by atoms with E-state index in [0.29, 0.717) is 27.8 Å². The van der Waals surface area contributed by atoms with Gasteiger partial charge in [0.1, 0.15) is 11.5 Å². The number of ether oxygens (including phenoxy) is 2. The van der Waals surface area contributed by atoms with E-state index in [1.165, 1.54) is 18.1 Å². The maximum absolute atomic E-state index is 12.4. The van der Waals surface area contributed by atoms with E-state index in [0.717, 1.165) is 0 Å². The molecular formula is C34H32ClNO5. The van der Waals surface area contributed by atoms with Crippen LogP contribution in [0.25, 0.3) is 0 Å². The Hall–Kier alpha value is -4.42. The third-order valence-corrected chi connectivity index (χ3v) is 7.06. The van der Waals surface area contributed by atoms with Crippen LogP contribution in [-0.4, -0.2) is 23.8 Å². The molecule has 4 aromatic rings. The van der Waals surface area contributed by atoms with Gasteiger partial charge in [0.15, 0.2) is 6.10 Å². The molecular weight excluding hydrogens is 538 g/mol. The summed E-state index contributed by atoms with van der Waals surface area (Å²) in [5.41, 5.74) is 3.25. The first kappa shape index (κ1) is 29.6. The van der Waals surface area contributed by atoms with Crippen LogP contribution in [0.5, 0.6) is 11.5 Å². The molecule has 0 aliphatic rings. The average molecular weight is 570 g/mol. The molecule has 0 bridgehead atoms. The van der Waals surface area contributed by atoms with Crippen LogP contribution in [0.15, 0.2) is 103 Å². The molecule has 0 aromatic heterocycles. The number of nitrogens with one attached hydrogen (secondary N) is 1. The standard InChI is InChI=1S/C34H32ClNO5/c1-23(33(39)24-9-13-27(35)14-10-24)40-32(38)22-21-31(37)36-28-15-19-30(20-16-28)41-29-17-11-26(12-18-29)34(2,3)25-7-5-4-6-8-25/h4-20,23H,21-22H2,1-3H3,(H,36,37). The molecule has 7 heteroatoms. The second kappa shape index (κ2) is 13.3.